The van der Waals surface area contributed by atoms with Gasteiger partial charge in [-0.3, -0.25) is 4.79 Å². The third-order valence-electron chi connectivity index (χ3n) is 1.58. The van der Waals surface area contributed by atoms with Crippen molar-refractivity contribution in [2.75, 3.05) is 12.0 Å². The van der Waals surface area contributed by atoms with Crippen LogP contribution in [0.5, 0.6) is 0 Å². The molecule has 0 fully saturated rings. The summed E-state index contributed by atoms with van der Waals surface area (Å²) in [5.74, 6) is -0.630. The van der Waals surface area contributed by atoms with Crippen LogP contribution in [0.4, 0.5) is 0 Å². The molecular formula is C9H15NO3S. The van der Waals surface area contributed by atoms with Gasteiger partial charge < -0.3 is 10.4 Å². The highest BCUT2D eigenvalue weighted by atomic mass is 32.2. The Morgan fingerprint density at radius 1 is 1.50 bits per heavy atom. The minimum Gasteiger partial charge on any atom is -0.478 e. The Labute approximate surface area is 87.8 Å². The normalized spacial score (nSPS) is 12.7. The van der Waals surface area contributed by atoms with Crippen LogP contribution in [0.2, 0.25) is 0 Å². The second kappa shape index (κ2) is 7.44. The van der Waals surface area contributed by atoms with E-state index in [1.165, 1.54) is 0 Å². The molecule has 0 aliphatic carbocycles. The van der Waals surface area contributed by atoms with Crippen LogP contribution in [-0.2, 0) is 9.59 Å². The molecule has 0 aromatic rings. The fraction of sp³-hybridized carbons (Fsp3) is 0.556. The first-order valence-corrected chi connectivity index (χ1v) is 5.70. The predicted octanol–water partition coefficient (Wildman–Crippen LogP) is 0.885. The summed E-state index contributed by atoms with van der Waals surface area (Å²) >= 11 is 1.65. The van der Waals surface area contributed by atoms with Gasteiger partial charge in [0.2, 0.25) is 5.91 Å². The van der Waals surface area contributed by atoms with Crippen LogP contribution in [-0.4, -0.2) is 35.0 Å². The molecule has 0 aromatic carbocycles. The van der Waals surface area contributed by atoms with Crippen molar-refractivity contribution in [3.63, 3.8) is 0 Å². The van der Waals surface area contributed by atoms with E-state index in [9.17, 15) is 9.59 Å². The van der Waals surface area contributed by atoms with Crippen molar-refractivity contribution >= 4 is 23.6 Å². The molecule has 0 saturated carbocycles. The van der Waals surface area contributed by atoms with Crippen LogP contribution in [0.25, 0.3) is 0 Å². The quantitative estimate of drug-likeness (QED) is 0.648. The van der Waals surface area contributed by atoms with Gasteiger partial charge in [-0.05, 0) is 12.7 Å². The molecule has 2 N–H and O–H groups in total. The average Bonchev–Trinajstić information content (AvgIpc) is 2.14. The van der Waals surface area contributed by atoms with E-state index in [1.54, 1.807) is 11.8 Å². The van der Waals surface area contributed by atoms with Gasteiger partial charge in [0.15, 0.2) is 0 Å². The van der Waals surface area contributed by atoms with Gasteiger partial charge in [-0.2, -0.15) is 11.8 Å². The Hall–Kier alpha value is -0.970. The summed E-state index contributed by atoms with van der Waals surface area (Å²) in [7, 11) is 0. The van der Waals surface area contributed by atoms with Gasteiger partial charge in [0, 0.05) is 23.9 Å². The number of hydrogen-bond acceptors (Lipinski definition) is 3. The zero-order valence-corrected chi connectivity index (χ0v) is 9.13. The molecule has 0 saturated heterocycles. The number of thioether (sulfide) groups is 1. The van der Waals surface area contributed by atoms with Gasteiger partial charge in [-0.25, -0.2) is 4.79 Å². The van der Waals surface area contributed by atoms with Gasteiger partial charge in [0.25, 0.3) is 0 Å². The van der Waals surface area contributed by atoms with E-state index in [0.717, 1.165) is 24.3 Å². The van der Waals surface area contributed by atoms with E-state index in [2.05, 4.69) is 5.32 Å². The third-order valence-corrected chi connectivity index (χ3v) is 2.32. The number of carboxylic acids is 1. The zero-order valence-electron chi connectivity index (χ0n) is 8.32. The van der Waals surface area contributed by atoms with Crippen molar-refractivity contribution in [3.05, 3.63) is 12.2 Å². The maximum absolute atomic E-state index is 11.1. The molecular weight excluding hydrogens is 202 g/mol. The monoisotopic (exact) mass is 217 g/mol. The summed E-state index contributed by atoms with van der Waals surface area (Å²) in [6.07, 6.45) is 4.67. The molecule has 0 radical (unpaired) electrons. The zero-order chi connectivity index (χ0) is 11.0. The average molecular weight is 217 g/mol. The van der Waals surface area contributed by atoms with Crippen LogP contribution in [0.15, 0.2) is 12.2 Å². The molecule has 0 aliphatic rings. The van der Waals surface area contributed by atoms with Crippen LogP contribution in [0.3, 0.4) is 0 Å². The fourth-order valence-corrected chi connectivity index (χ4v) is 1.58. The molecule has 0 bridgehead atoms. The number of amides is 1. The SMILES string of the molecule is CCC(CSC)NC(=O)/C=C/C(=O)O. The fourth-order valence-electron chi connectivity index (χ4n) is 0.859. The highest BCUT2D eigenvalue weighted by Crippen LogP contribution is 2.00. The molecule has 80 valence electrons. The van der Waals surface area contributed by atoms with Gasteiger partial charge in [-0.15, -0.1) is 0 Å². The molecule has 14 heavy (non-hydrogen) atoms. The lowest BCUT2D eigenvalue weighted by Gasteiger charge is -2.13. The van der Waals surface area contributed by atoms with E-state index in [0.29, 0.717) is 0 Å². The Balaban J connectivity index is 3.96. The van der Waals surface area contributed by atoms with E-state index in [-0.39, 0.29) is 11.9 Å². The van der Waals surface area contributed by atoms with E-state index < -0.39 is 5.97 Å². The molecule has 0 aliphatic heterocycles. The molecule has 5 heteroatoms. The Morgan fingerprint density at radius 3 is 2.57 bits per heavy atom. The Morgan fingerprint density at radius 2 is 2.14 bits per heavy atom. The number of aliphatic carboxylic acids is 1. The first-order chi connectivity index (χ1) is 6.60. The summed E-state index contributed by atoms with van der Waals surface area (Å²) in [6, 6.07) is 0.107. The topological polar surface area (TPSA) is 66.4 Å². The van der Waals surface area contributed by atoms with Crippen molar-refractivity contribution in [1.82, 2.24) is 5.32 Å². The molecule has 0 aromatic heterocycles. The largest absolute Gasteiger partial charge is 0.478 e. The van der Waals surface area contributed by atoms with Gasteiger partial charge in [0.05, 0.1) is 0 Å². The van der Waals surface area contributed by atoms with Crippen LogP contribution < -0.4 is 5.32 Å². The summed E-state index contributed by atoms with van der Waals surface area (Å²) < 4.78 is 0. The summed E-state index contributed by atoms with van der Waals surface area (Å²) in [6.45, 7) is 1.97. The lowest BCUT2D eigenvalue weighted by Crippen LogP contribution is -2.35. The number of carbonyl (C=O) groups is 2. The predicted molar refractivity (Wildman–Crippen MR) is 57.4 cm³/mol. The highest BCUT2D eigenvalue weighted by Gasteiger charge is 2.06. The molecule has 1 atom stereocenters. The summed E-state index contributed by atoms with van der Waals surface area (Å²) in [5, 5.41) is 11.0. The van der Waals surface area contributed by atoms with Crippen molar-refractivity contribution in [2.24, 2.45) is 0 Å². The number of hydrogen-bond donors (Lipinski definition) is 2. The van der Waals surface area contributed by atoms with E-state index in [4.69, 9.17) is 5.11 Å². The Bertz CT molecular complexity index is 228. The second-order valence-electron chi connectivity index (χ2n) is 2.74. The van der Waals surface area contributed by atoms with Gasteiger partial charge in [0.1, 0.15) is 0 Å². The third kappa shape index (κ3) is 6.54. The van der Waals surface area contributed by atoms with Gasteiger partial charge >= 0.3 is 5.97 Å². The smallest absolute Gasteiger partial charge is 0.328 e. The molecule has 4 nitrogen and oxygen atoms in total. The van der Waals surface area contributed by atoms with Crippen molar-refractivity contribution in [2.45, 2.75) is 19.4 Å². The lowest BCUT2D eigenvalue weighted by molar-refractivity contribution is -0.131. The van der Waals surface area contributed by atoms with Crippen LogP contribution >= 0.6 is 11.8 Å². The number of nitrogens with one attached hydrogen (secondary N) is 1. The Kier molecular flexibility index (Phi) is 6.92. The van der Waals surface area contributed by atoms with Gasteiger partial charge in [-0.1, -0.05) is 6.92 Å². The minimum absolute atomic E-state index is 0.107. The lowest BCUT2D eigenvalue weighted by atomic mass is 10.2. The maximum Gasteiger partial charge on any atom is 0.328 e. The molecule has 1 amide bonds. The van der Waals surface area contributed by atoms with Crippen molar-refractivity contribution < 1.29 is 14.7 Å². The summed E-state index contributed by atoms with van der Waals surface area (Å²) in [4.78, 5) is 21.2. The number of carbonyl (C=O) groups excluding carboxylic acids is 1. The first kappa shape index (κ1) is 13.0. The van der Waals surface area contributed by atoms with E-state index >= 15 is 0 Å². The number of rotatable bonds is 6. The molecule has 0 heterocycles. The first-order valence-electron chi connectivity index (χ1n) is 4.30. The minimum atomic E-state index is -1.11. The second-order valence-corrected chi connectivity index (χ2v) is 3.65. The van der Waals surface area contributed by atoms with Crippen LogP contribution in [0.1, 0.15) is 13.3 Å². The van der Waals surface area contributed by atoms with Crippen LogP contribution in [0, 0.1) is 0 Å². The molecule has 0 rings (SSSR count). The van der Waals surface area contributed by atoms with E-state index in [1.807, 2.05) is 13.2 Å². The highest BCUT2D eigenvalue weighted by molar-refractivity contribution is 7.98. The standard InChI is InChI=1S/C9H15NO3S/c1-3-7(6-14-2)10-8(11)4-5-9(12)13/h4-5,7H,3,6H2,1-2H3,(H,10,11)(H,12,13)/b5-4+. The summed E-state index contributed by atoms with van der Waals surface area (Å²) in [5.41, 5.74) is 0. The number of carboxylic acid groups (broad SMARTS) is 1. The molecule has 1 unspecified atom stereocenters. The van der Waals surface area contributed by atoms with Crippen molar-refractivity contribution in [1.29, 1.82) is 0 Å². The van der Waals surface area contributed by atoms with Crippen molar-refractivity contribution in [3.8, 4) is 0 Å². The maximum atomic E-state index is 11.1. The molecule has 0 spiro atoms.